The molecule has 2 aromatic rings. The van der Waals surface area contributed by atoms with E-state index in [1.54, 1.807) is 0 Å². The molecule has 0 atom stereocenters. The second-order valence-electron chi connectivity index (χ2n) is 4.49. The molecule has 24 heavy (non-hydrogen) atoms. The van der Waals surface area contributed by atoms with E-state index in [4.69, 9.17) is 27.9 Å². The van der Waals surface area contributed by atoms with Gasteiger partial charge in [0.1, 0.15) is 11.6 Å². The van der Waals surface area contributed by atoms with Crippen LogP contribution in [0.1, 0.15) is 10.4 Å². The summed E-state index contributed by atoms with van der Waals surface area (Å²) < 4.78 is 18.5. The Kier molecular flexibility index (Phi) is 6.42. The molecule has 0 heterocycles. The molecule has 0 fully saturated rings. The van der Waals surface area contributed by atoms with Crippen molar-refractivity contribution in [1.82, 2.24) is 10.9 Å². The molecule has 0 saturated heterocycles. The van der Waals surface area contributed by atoms with Gasteiger partial charge in [-0.05, 0) is 52.3 Å². The van der Waals surface area contributed by atoms with Crippen LogP contribution in [-0.4, -0.2) is 18.4 Å². The molecule has 0 bridgehead atoms. The van der Waals surface area contributed by atoms with Crippen LogP contribution in [-0.2, 0) is 4.79 Å². The first-order chi connectivity index (χ1) is 11.4. The first-order valence-electron chi connectivity index (χ1n) is 6.49. The number of amides is 2. The molecule has 0 unspecified atom stereocenters. The van der Waals surface area contributed by atoms with Gasteiger partial charge in [-0.15, -0.1) is 0 Å². The molecule has 0 saturated carbocycles. The smallest absolute Gasteiger partial charge is 0.276 e. The van der Waals surface area contributed by atoms with Crippen LogP contribution in [0, 0.1) is 5.82 Å². The first kappa shape index (κ1) is 18.5. The minimum Gasteiger partial charge on any atom is -0.483 e. The lowest BCUT2D eigenvalue weighted by atomic mass is 10.2. The third kappa shape index (κ3) is 5.09. The summed E-state index contributed by atoms with van der Waals surface area (Å²) in [6.45, 7) is -0.381. The highest BCUT2D eigenvalue weighted by atomic mass is 79.9. The van der Waals surface area contributed by atoms with Crippen molar-refractivity contribution in [2.75, 3.05) is 6.61 Å². The number of hydrazine groups is 1. The van der Waals surface area contributed by atoms with Crippen LogP contribution in [0.3, 0.4) is 0 Å². The van der Waals surface area contributed by atoms with Crippen molar-refractivity contribution >= 4 is 50.9 Å². The van der Waals surface area contributed by atoms with Crippen molar-refractivity contribution in [3.05, 3.63) is 62.3 Å². The maximum atomic E-state index is 12.9. The van der Waals surface area contributed by atoms with Crippen LogP contribution in [0.2, 0.25) is 10.0 Å². The number of carbonyl (C=O) groups is 2. The number of halogens is 4. The van der Waals surface area contributed by atoms with Gasteiger partial charge in [0.05, 0.1) is 15.1 Å². The molecule has 126 valence electrons. The Balaban J connectivity index is 1.86. The average molecular weight is 436 g/mol. The molecule has 0 aliphatic heterocycles. The lowest BCUT2D eigenvalue weighted by molar-refractivity contribution is -0.123. The maximum absolute atomic E-state index is 12.9. The van der Waals surface area contributed by atoms with Gasteiger partial charge in [0, 0.05) is 5.02 Å². The fraction of sp³-hybridized carbons (Fsp3) is 0.0667. The summed E-state index contributed by atoms with van der Waals surface area (Å²) in [5.41, 5.74) is 4.48. The van der Waals surface area contributed by atoms with Crippen LogP contribution in [0.5, 0.6) is 5.75 Å². The molecule has 0 aromatic heterocycles. The summed E-state index contributed by atoms with van der Waals surface area (Å²) in [6, 6.07) is 8.15. The van der Waals surface area contributed by atoms with Crippen molar-refractivity contribution in [2.24, 2.45) is 0 Å². The van der Waals surface area contributed by atoms with Crippen molar-refractivity contribution in [3.8, 4) is 5.75 Å². The van der Waals surface area contributed by atoms with Gasteiger partial charge in [0.15, 0.2) is 6.61 Å². The summed E-state index contributed by atoms with van der Waals surface area (Å²) in [5.74, 6) is -1.39. The lowest BCUT2D eigenvalue weighted by Crippen LogP contribution is -2.43. The van der Waals surface area contributed by atoms with E-state index in [1.807, 2.05) is 0 Å². The van der Waals surface area contributed by atoms with Crippen molar-refractivity contribution in [2.45, 2.75) is 0 Å². The molecule has 2 aromatic carbocycles. The number of hydrogen-bond donors (Lipinski definition) is 2. The van der Waals surface area contributed by atoms with E-state index >= 15 is 0 Å². The van der Waals surface area contributed by atoms with Gasteiger partial charge in [0.2, 0.25) is 0 Å². The fourth-order valence-electron chi connectivity index (χ4n) is 1.64. The predicted octanol–water partition coefficient (Wildman–Crippen LogP) is 3.74. The highest BCUT2D eigenvalue weighted by molar-refractivity contribution is 9.10. The van der Waals surface area contributed by atoms with Crippen LogP contribution >= 0.6 is 39.1 Å². The Hall–Kier alpha value is -1.83. The van der Waals surface area contributed by atoms with Gasteiger partial charge in [-0.2, -0.15) is 0 Å². The van der Waals surface area contributed by atoms with Gasteiger partial charge < -0.3 is 4.74 Å². The fourth-order valence-corrected chi connectivity index (χ4v) is 2.48. The molecule has 0 aliphatic carbocycles. The third-order valence-electron chi connectivity index (χ3n) is 2.74. The van der Waals surface area contributed by atoms with E-state index < -0.39 is 17.6 Å². The van der Waals surface area contributed by atoms with E-state index in [0.717, 1.165) is 0 Å². The number of benzene rings is 2. The molecule has 2 N–H and O–H groups in total. The second kappa shape index (κ2) is 8.32. The topological polar surface area (TPSA) is 67.4 Å². The number of hydrogen-bond acceptors (Lipinski definition) is 3. The highest BCUT2D eigenvalue weighted by Gasteiger charge is 2.12. The standard InChI is InChI=1S/C15H10BrCl2FN2O3/c16-11-6-9(19)2-4-13(11)24-7-14(22)20-21-15(23)10-5-8(17)1-3-12(10)18/h1-6H,7H2,(H,20,22)(H,21,23). The molecular formula is C15H10BrCl2FN2O3. The zero-order valence-corrected chi connectivity index (χ0v) is 15.0. The number of nitrogens with one attached hydrogen (secondary N) is 2. The summed E-state index contributed by atoms with van der Waals surface area (Å²) in [4.78, 5) is 23.6. The van der Waals surface area contributed by atoms with Gasteiger partial charge in [0.25, 0.3) is 11.8 Å². The molecule has 2 amide bonds. The third-order valence-corrected chi connectivity index (χ3v) is 3.93. The summed E-state index contributed by atoms with van der Waals surface area (Å²) in [5, 5.41) is 0.526. The zero-order valence-electron chi connectivity index (χ0n) is 11.9. The summed E-state index contributed by atoms with van der Waals surface area (Å²) in [6.07, 6.45) is 0. The van der Waals surface area contributed by atoms with E-state index in [0.29, 0.717) is 9.50 Å². The molecule has 5 nitrogen and oxygen atoms in total. The Morgan fingerprint density at radius 2 is 1.88 bits per heavy atom. The van der Waals surface area contributed by atoms with E-state index in [2.05, 4.69) is 26.8 Å². The molecule has 0 radical (unpaired) electrons. The zero-order chi connectivity index (χ0) is 17.7. The minimum atomic E-state index is -0.626. The van der Waals surface area contributed by atoms with Gasteiger partial charge >= 0.3 is 0 Å². The molecular weight excluding hydrogens is 426 g/mol. The Morgan fingerprint density at radius 3 is 2.58 bits per heavy atom. The van der Waals surface area contributed by atoms with Crippen LogP contribution in [0.25, 0.3) is 0 Å². The summed E-state index contributed by atoms with van der Waals surface area (Å²) in [7, 11) is 0. The van der Waals surface area contributed by atoms with Crippen LogP contribution in [0.15, 0.2) is 40.9 Å². The monoisotopic (exact) mass is 434 g/mol. The molecule has 0 aliphatic rings. The van der Waals surface area contributed by atoms with Crippen molar-refractivity contribution in [3.63, 3.8) is 0 Å². The minimum absolute atomic E-state index is 0.117. The largest absolute Gasteiger partial charge is 0.483 e. The number of ether oxygens (including phenoxy) is 1. The first-order valence-corrected chi connectivity index (χ1v) is 8.04. The molecule has 9 heteroatoms. The molecule has 0 spiro atoms. The Morgan fingerprint density at radius 1 is 1.12 bits per heavy atom. The average Bonchev–Trinajstić information content (AvgIpc) is 2.54. The highest BCUT2D eigenvalue weighted by Crippen LogP contribution is 2.25. The van der Waals surface area contributed by atoms with E-state index in [1.165, 1.54) is 36.4 Å². The normalized spacial score (nSPS) is 10.2. The maximum Gasteiger partial charge on any atom is 0.276 e. The Bertz CT molecular complexity index is 789. The summed E-state index contributed by atoms with van der Waals surface area (Å²) >= 11 is 14.8. The number of rotatable bonds is 4. The van der Waals surface area contributed by atoms with E-state index in [9.17, 15) is 14.0 Å². The van der Waals surface area contributed by atoms with Crippen LogP contribution < -0.4 is 15.6 Å². The SMILES string of the molecule is O=C(COc1ccc(F)cc1Br)NNC(=O)c1cc(Cl)ccc1Cl. The van der Waals surface area contributed by atoms with Gasteiger partial charge in [-0.25, -0.2) is 4.39 Å². The van der Waals surface area contributed by atoms with Gasteiger partial charge in [-0.3, -0.25) is 20.4 Å². The van der Waals surface area contributed by atoms with Gasteiger partial charge in [-0.1, -0.05) is 23.2 Å². The second-order valence-corrected chi connectivity index (χ2v) is 6.19. The quantitative estimate of drug-likeness (QED) is 0.719. The van der Waals surface area contributed by atoms with E-state index in [-0.39, 0.29) is 22.9 Å². The lowest BCUT2D eigenvalue weighted by Gasteiger charge is -2.10. The predicted molar refractivity (Wildman–Crippen MR) is 91.7 cm³/mol. The van der Waals surface area contributed by atoms with Crippen molar-refractivity contribution in [1.29, 1.82) is 0 Å². The van der Waals surface area contributed by atoms with Crippen molar-refractivity contribution < 1.29 is 18.7 Å². The Labute approximate surface area is 155 Å². The molecule has 2 rings (SSSR count). The van der Waals surface area contributed by atoms with Crippen LogP contribution in [0.4, 0.5) is 4.39 Å². The number of carbonyl (C=O) groups excluding carboxylic acids is 2.